The number of fused-ring (bicyclic) bond motifs is 1. The quantitative estimate of drug-likeness (QED) is 0.683. The van der Waals surface area contributed by atoms with Crippen LogP contribution in [0.4, 0.5) is 0 Å². The average Bonchev–Trinajstić information content (AvgIpc) is 3.51. The molecule has 8 heteroatoms. The number of likely N-dealkylation sites (tertiary alicyclic amines) is 1. The number of nitrogens with one attached hydrogen (secondary N) is 1. The van der Waals surface area contributed by atoms with Crippen molar-refractivity contribution < 1.29 is 9.59 Å². The van der Waals surface area contributed by atoms with Crippen molar-refractivity contribution in [2.75, 3.05) is 19.6 Å². The van der Waals surface area contributed by atoms with Crippen molar-refractivity contribution in [3.63, 3.8) is 0 Å². The molecule has 1 aliphatic carbocycles. The lowest BCUT2D eigenvalue weighted by molar-refractivity contribution is 0.0706. The van der Waals surface area contributed by atoms with Crippen LogP contribution in [0.2, 0.25) is 0 Å². The van der Waals surface area contributed by atoms with Gasteiger partial charge < -0.3 is 10.2 Å². The molecule has 1 saturated carbocycles. The van der Waals surface area contributed by atoms with Gasteiger partial charge in [0.15, 0.2) is 0 Å². The van der Waals surface area contributed by atoms with Gasteiger partial charge >= 0.3 is 0 Å². The van der Waals surface area contributed by atoms with Crippen LogP contribution >= 0.6 is 11.7 Å². The first-order chi connectivity index (χ1) is 14.7. The van der Waals surface area contributed by atoms with Crippen molar-refractivity contribution in [3.05, 3.63) is 53.3 Å². The second-order valence-corrected chi connectivity index (χ2v) is 8.71. The number of carbonyl (C=O) groups is 2. The number of carbonyl (C=O) groups excluding carboxylic acids is 2. The molecule has 1 aromatic carbocycles. The molecule has 2 fully saturated rings. The molecule has 1 saturated heterocycles. The second-order valence-electron chi connectivity index (χ2n) is 8.18. The summed E-state index contributed by atoms with van der Waals surface area (Å²) in [5, 5.41) is 2.97. The number of nitrogens with zero attached hydrogens (tertiary/aromatic N) is 4. The van der Waals surface area contributed by atoms with Gasteiger partial charge in [0.1, 0.15) is 11.0 Å². The fourth-order valence-corrected chi connectivity index (χ4v) is 4.46. The second kappa shape index (κ2) is 8.10. The lowest BCUT2D eigenvalue weighted by atomic mass is 9.93. The Morgan fingerprint density at radius 3 is 2.70 bits per heavy atom. The van der Waals surface area contributed by atoms with Crippen LogP contribution in [0, 0.1) is 5.92 Å². The first-order valence-electron chi connectivity index (χ1n) is 10.4. The lowest BCUT2D eigenvalue weighted by Crippen LogP contribution is -2.39. The van der Waals surface area contributed by atoms with Gasteiger partial charge in [0.2, 0.25) is 0 Å². The maximum atomic E-state index is 13.0. The summed E-state index contributed by atoms with van der Waals surface area (Å²) < 4.78 is 8.43. The lowest BCUT2D eigenvalue weighted by Gasteiger charge is -2.32. The molecular weight excluding hydrogens is 398 g/mol. The zero-order valence-electron chi connectivity index (χ0n) is 16.6. The highest BCUT2D eigenvalue weighted by Gasteiger charge is 2.27. The monoisotopic (exact) mass is 421 g/mol. The van der Waals surface area contributed by atoms with Crippen molar-refractivity contribution in [3.8, 4) is 0 Å². The molecule has 5 rings (SSSR count). The normalized spacial score (nSPS) is 19.1. The van der Waals surface area contributed by atoms with E-state index < -0.39 is 0 Å². The maximum absolute atomic E-state index is 13.0. The minimum atomic E-state index is -0.0617. The molecule has 0 radical (unpaired) electrons. The summed E-state index contributed by atoms with van der Waals surface area (Å²) in [6.07, 6.45) is 5.99. The van der Waals surface area contributed by atoms with Crippen molar-refractivity contribution in [2.24, 2.45) is 5.92 Å². The van der Waals surface area contributed by atoms with E-state index in [4.69, 9.17) is 0 Å². The summed E-state index contributed by atoms with van der Waals surface area (Å²) >= 11 is 1.16. The molecule has 1 aliphatic heterocycles. The van der Waals surface area contributed by atoms with E-state index in [2.05, 4.69) is 19.0 Å². The van der Waals surface area contributed by atoms with Crippen LogP contribution < -0.4 is 5.32 Å². The van der Waals surface area contributed by atoms with Gasteiger partial charge in [0.25, 0.3) is 11.8 Å². The van der Waals surface area contributed by atoms with Crippen LogP contribution in [0.3, 0.4) is 0 Å². The van der Waals surface area contributed by atoms with Gasteiger partial charge in [-0.15, -0.1) is 0 Å². The van der Waals surface area contributed by atoms with Crippen molar-refractivity contribution >= 4 is 34.6 Å². The Labute approximate surface area is 178 Å². The molecule has 2 aromatic heterocycles. The predicted molar refractivity (Wildman–Crippen MR) is 115 cm³/mol. The zero-order valence-corrected chi connectivity index (χ0v) is 17.4. The molecule has 0 unspecified atom stereocenters. The highest BCUT2D eigenvalue weighted by atomic mass is 32.1. The Morgan fingerprint density at radius 1 is 1.07 bits per heavy atom. The highest BCUT2D eigenvalue weighted by Crippen LogP contribution is 2.28. The third-order valence-corrected chi connectivity index (χ3v) is 6.48. The van der Waals surface area contributed by atoms with Crippen molar-refractivity contribution in [1.29, 1.82) is 0 Å². The van der Waals surface area contributed by atoms with Crippen molar-refractivity contribution in [2.45, 2.75) is 31.6 Å². The number of benzene rings is 1. The third kappa shape index (κ3) is 4.05. The SMILES string of the molecule is O=C(NCC1CC1)c1ccc([C@@H]2CCCN(C(=O)c3ccc4nsnc4c3)C2)nc1. The van der Waals surface area contributed by atoms with Crippen LogP contribution in [-0.4, -0.2) is 50.1 Å². The fourth-order valence-electron chi connectivity index (χ4n) is 3.94. The van der Waals surface area contributed by atoms with Crippen LogP contribution in [0.5, 0.6) is 0 Å². The minimum absolute atomic E-state index is 0.0191. The van der Waals surface area contributed by atoms with Crippen LogP contribution in [0.15, 0.2) is 36.5 Å². The first-order valence-corrected chi connectivity index (χ1v) is 11.2. The molecule has 3 heterocycles. The summed E-state index contributed by atoms with van der Waals surface area (Å²) in [7, 11) is 0. The number of amides is 2. The van der Waals surface area contributed by atoms with Gasteiger partial charge in [-0.3, -0.25) is 14.6 Å². The molecule has 7 nitrogen and oxygen atoms in total. The van der Waals surface area contributed by atoms with E-state index in [-0.39, 0.29) is 17.7 Å². The number of hydrogen-bond donors (Lipinski definition) is 1. The van der Waals surface area contributed by atoms with Gasteiger partial charge in [-0.05, 0) is 61.9 Å². The van der Waals surface area contributed by atoms with Gasteiger partial charge in [-0.2, -0.15) is 8.75 Å². The fraction of sp³-hybridized carbons (Fsp3) is 0.409. The summed E-state index contributed by atoms with van der Waals surface area (Å²) in [5.41, 5.74) is 3.75. The number of aromatic nitrogens is 3. The van der Waals surface area contributed by atoms with Crippen LogP contribution in [0.25, 0.3) is 11.0 Å². The smallest absolute Gasteiger partial charge is 0.253 e. The van der Waals surface area contributed by atoms with E-state index in [9.17, 15) is 9.59 Å². The zero-order chi connectivity index (χ0) is 20.5. The predicted octanol–water partition coefficient (Wildman–Crippen LogP) is 3.25. The van der Waals surface area contributed by atoms with E-state index in [0.717, 1.165) is 54.4 Å². The Bertz CT molecular complexity index is 1080. The summed E-state index contributed by atoms with van der Waals surface area (Å²) in [6.45, 7) is 2.12. The van der Waals surface area contributed by atoms with E-state index in [1.165, 1.54) is 12.8 Å². The molecule has 2 amide bonds. The Hall–Kier alpha value is -2.87. The van der Waals surface area contributed by atoms with Crippen LogP contribution in [0.1, 0.15) is 58.0 Å². The van der Waals surface area contributed by atoms with Crippen LogP contribution in [-0.2, 0) is 0 Å². The molecule has 1 atom stereocenters. The Kier molecular flexibility index (Phi) is 5.16. The summed E-state index contributed by atoms with van der Waals surface area (Å²) in [4.78, 5) is 31.7. The highest BCUT2D eigenvalue weighted by molar-refractivity contribution is 7.00. The molecule has 154 valence electrons. The molecule has 3 aromatic rings. The largest absolute Gasteiger partial charge is 0.352 e. The molecule has 2 aliphatic rings. The van der Waals surface area contributed by atoms with Gasteiger partial charge in [-0.25, -0.2) is 0 Å². The number of piperidine rings is 1. The summed E-state index contributed by atoms with van der Waals surface area (Å²) in [6, 6.07) is 9.26. The van der Waals surface area contributed by atoms with Crippen molar-refractivity contribution in [1.82, 2.24) is 23.9 Å². The summed E-state index contributed by atoms with van der Waals surface area (Å²) in [5.74, 6) is 0.786. The number of hydrogen-bond acceptors (Lipinski definition) is 6. The van der Waals surface area contributed by atoms with E-state index in [0.29, 0.717) is 23.6 Å². The Morgan fingerprint density at radius 2 is 1.90 bits per heavy atom. The third-order valence-electron chi connectivity index (χ3n) is 5.92. The minimum Gasteiger partial charge on any atom is -0.352 e. The van der Waals surface area contributed by atoms with Gasteiger partial charge in [0, 0.05) is 43.0 Å². The molecule has 0 bridgehead atoms. The number of pyridine rings is 1. The van der Waals surface area contributed by atoms with E-state index in [1.807, 2.05) is 35.2 Å². The van der Waals surface area contributed by atoms with E-state index in [1.54, 1.807) is 6.20 Å². The average molecular weight is 422 g/mol. The molecular formula is C22H23N5O2S. The number of rotatable bonds is 5. The Balaban J connectivity index is 1.25. The van der Waals surface area contributed by atoms with E-state index >= 15 is 0 Å². The molecule has 1 N–H and O–H groups in total. The topological polar surface area (TPSA) is 88.1 Å². The first kappa shape index (κ1) is 19.1. The molecule has 0 spiro atoms. The molecule has 30 heavy (non-hydrogen) atoms. The van der Waals surface area contributed by atoms with Gasteiger partial charge in [0.05, 0.1) is 17.3 Å². The maximum Gasteiger partial charge on any atom is 0.253 e. The van der Waals surface area contributed by atoms with Gasteiger partial charge in [-0.1, -0.05) is 0 Å². The standard InChI is InChI=1S/C22H23N5O2S/c28-21(24-11-14-3-4-14)16-6-7-18(23-12-16)17-2-1-9-27(13-17)22(29)15-5-8-19-20(10-15)26-30-25-19/h5-8,10,12,14,17H,1-4,9,11,13H2,(H,24,28)/t17-/m1/s1.